The van der Waals surface area contributed by atoms with E-state index in [-0.39, 0.29) is 0 Å². The lowest BCUT2D eigenvalue weighted by Gasteiger charge is -2.17. The summed E-state index contributed by atoms with van der Waals surface area (Å²) in [5.41, 5.74) is 6.40. The fourth-order valence-corrected chi connectivity index (χ4v) is 2.36. The maximum atomic E-state index is 11.8. The highest BCUT2D eigenvalue weighted by molar-refractivity contribution is 7.87. The van der Waals surface area contributed by atoms with Crippen molar-refractivity contribution in [2.75, 3.05) is 26.7 Å². The lowest BCUT2D eigenvalue weighted by molar-refractivity contribution is 0.449. The van der Waals surface area contributed by atoms with Crippen LogP contribution in [0.2, 0.25) is 0 Å². The first kappa shape index (κ1) is 15.1. The highest BCUT2D eigenvalue weighted by Crippen LogP contribution is 1.96. The van der Waals surface area contributed by atoms with Gasteiger partial charge in [0, 0.05) is 26.3 Å². The summed E-state index contributed by atoms with van der Waals surface area (Å²) in [5.74, 6) is 0. The van der Waals surface area contributed by atoms with Gasteiger partial charge >= 0.3 is 0 Å². The molecular weight excluding hydrogens is 254 g/mol. The second kappa shape index (κ2) is 6.83. The minimum Gasteiger partial charge on any atom is -0.330 e. The Morgan fingerprint density at radius 2 is 2.28 bits per heavy atom. The maximum absolute atomic E-state index is 11.8. The molecule has 0 saturated carbocycles. The fraction of sp³-hybridized carbons (Fsp3) is 0.700. The van der Waals surface area contributed by atoms with Crippen LogP contribution in [0.25, 0.3) is 0 Å². The maximum Gasteiger partial charge on any atom is 0.279 e. The molecule has 0 atom stereocenters. The highest BCUT2D eigenvalue weighted by Gasteiger charge is 2.15. The number of aromatic nitrogens is 2. The lowest BCUT2D eigenvalue weighted by atomic mass is 10.4. The monoisotopic (exact) mass is 275 g/mol. The Kier molecular flexibility index (Phi) is 5.73. The van der Waals surface area contributed by atoms with E-state index in [9.17, 15) is 8.42 Å². The molecule has 0 amide bonds. The van der Waals surface area contributed by atoms with Crippen molar-refractivity contribution in [2.45, 2.75) is 19.9 Å². The van der Waals surface area contributed by atoms with Crippen LogP contribution in [0.5, 0.6) is 0 Å². The van der Waals surface area contributed by atoms with E-state index in [1.54, 1.807) is 10.9 Å². The van der Waals surface area contributed by atoms with Crippen LogP contribution in [0.1, 0.15) is 12.0 Å². The van der Waals surface area contributed by atoms with Crippen LogP contribution in [0, 0.1) is 6.92 Å². The van der Waals surface area contributed by atoms with E-state index in [0.717, 1.165) is 5.56 Å². The van der Waals surface area contributed by atoms with E-state index in [1.165, 1.54) is 11.4 Å². The molecule has 1 aromatic heterocycles. The largest absolute Gasteiger partial charge is 0.330 e. The van der Waals surface area contributed by atoms with Crippen molar-refractivity contribution < 1.29 is 8.42 Å². The standard InChI is InChI=1S/C10H21N5O2S/c1-10-8-12-15(9-10)7-5-13-18(16,17)14(2)6-3-4-11/h8-9,13H,3-7,11H2,1-2H3. The van der Waals surface area contributed by atoms with Gasteiger partial charge in [-0.3, -0.25) is 4.68 Å². The molecular formula is C10H21N5O2S. The van der Waals surface area contributed by atoms with Gasteiger partial charge in [0.05, 0.1) is 12.7 Å². The Hall–Kier alpha value is -0.960. The van der Waals surface area contributed by atoms with Gasteiger partial charge < -0.3 is 5.73 Å². The van der Waals surface area contributed by atoms with Gasteiger partial charge in [0.25, 0.3) is 10.2 Å². The van der Waals surface area contributed by atoms with Gasteiger partial charge in [-0.2, -0.15) is 17.8 Å². The molecule has 0 radical (unpaired) electrons. The van der Waals surface area contributed by atoms with Crippen LogP contribution >= 0.6 is 0 Å². The third-order valence-corrected chi connectivity index (χ3v) is 4.05. The Morgan fingerprint density at radius 3 is 2.83 bits per heavy atom. The molecule has 1 aromatic rings. The number of hydrogen-bond acceptors (Lipinski definition) is 4. The van der Waals surface area contributed by atoms with E-state index < -0.39 is 10.2 Å². The summed E-state index contributed by atoms with van der Waals surface area (Å²) in [5, 5.41) is 4.08. The molecule has 8 heteroatoms. The topological polar surface area (TPSA) is 93.2 Å². The Bertz CT molecular complexity index is 457. The quantitative estimate of drug-likeness (QED) is 0.656. The van der Waals surface area contributed by atoms with Crippen molar-refractivity contribution in [3.05, 3.63) is 18.0 Å². The summed E-state index contributed by atoms with van der Waals surface area (Å²) < 4.78 is 29.1. The highest BCUT2D eigenvalue weighted by atomic mass is 32.2. The molecule has 104 valence electrons. The van der Waals surface area contributed by atoms with E-state index >= 15 is 0 Å². The molecule has 18 heavy (non-hydrogen) atoms. The van der Waals surface area contributed by atoms with Gasteiger partial charge in [0.2, 0.25) is 0 Å². The van der Waals surface area contributed by atoms with E-state index in [4.69, 9.17) is 5.73 Å². The van der Waals surface area contributed by atoms with Crippen LogP contribution in [0.15, 0.2) is 12.4 Å². The fourth-order valence-electron chi connectivity index (χ4n) is 1.42. The minimum atomic E-state index is -3.41. The smallest absolute Gasteiger partial charge is 0.279 e. The van der Waals surface area contributed by atoms with Crippen LogP contribution in [-0.2, 0) is 16.8 Å². The first-order valence-corrected chi connectivity index (χ1v) is 7.30. The van der Waals surface area contributed by atoms with Gasteiger partial charge in [-0.25, -0.2) is 4.72 Å². The number of hydrogen-bond donors (Lipinski definition) is 2. The van der Waals surface area contributed by atoms with Crippen LogP contribution in [0.4, 0.5) is 0 Å². The van der Waals surface area contributed by atoms with Gasteiger partial charge in [-0.15, -0.1) is 0 Å². The zero-order valence-corrected chi connectivity index (χ0v) is 11.7. The zero-order valence-electron chi connectivity index (χ0n) is 10.8. The molecule has 0 aliphatic heterocycles. The summed E-state index contributed by atoms with van der Waals surface area (Å²) in [6.45, 7) is 3.67. The SMILES string of the molecule is Cc1cnn(CCNS(=O)(=O)N(C)CCCN)c1. The van der Waals surface area contributed by atoms with E-state index in [1.807, 2.05) is 13.1 Å². The average molecular weight is 275 g/mol. The summed E-state index contributed by atoms with van der Waals surface area (Å²) >= 11 is 0. The number of nitrogens with zero attached hydrogens (tertiary/aromatic N) is 3. The Balaban J connectivity index is 2.37. The van der Waals surface area contributed by atoms with Crippen molar-refractivity contribution >= 4 is 10.2 Å². The molecule has 0 fully saturated rings. The van der Waals surface area contributed by atoms with Crippen molar-refractivity contribution in [1.29, 1.82) is 0 Å². The predicted octanol–water partition coefficient (Wildman–Crippen LogP) is -0.693. The predicted molar refractivity (Wildman–Crippen MR) is 70.2 cm³/mol. The van der Waals surface area contributed by atoms with Crippen LogP contribution < -0.4 is 10.5 Å². The average Bonchev–Trinajstić information content (AvgIpc) is 2.71. The number of aryl methyl sites for hydroxylation is 1. The second-order valence-electron chi connectivity index (χ2n) is 4.14. The van der Waals surface area contributed by atoms with Gasteiger partial charge in [-0.1, -0.05) is 0 Å². The molecule has 0 aliphatic rings. The van der Waals surface area contributed by atoms with Crippen molar-refractivity contribution in [2.24, 2.45) is 5.73 Å². The summed E-state index contributed by atoms with van der Waals surface area (Å²) in [6.07, 6.45) is 4.25. The number of rotatable bonds is 8. The molecule has 0 unspecified atom stereocenters. The number of nitrogens with one attached hydrogen (secondary N) is 1. The normalized spacial score (nSPS) is 12.2. The van der Waals surface area contributed by atoms with Crippen LogP contribution in [-0.4, -0.2) is 49.2 Å². The molecule has 0 bridgehead atoms. The summed E-state index contributed by atoms with van der Waals surface area (Å²) in [7, 11) is -1.87. The van der Waals surface area contributed by atoms with Crippen LogP contribution in [0.3, 0.4) is 0 Å². The molecule has 0 aromatic carbocycles. The molecule has 1 rings (SSSR count). The zero-order chi connectivity index (χ0) is 13.6. The third kappa shape index (κ3) is 4.73. The van der Waals surface area contributed by atoms with Crippen molar-refractivity contribution in [1.82, 2.24) is 18.8 Å². The van der Waals surface area contributed by atoms with Gasteiger partial charge in [0.1, 0.15) is 0 Å². The number of nitrogens with two attached hydrogens (primary N) is 1. The minimum absolute atomic E-state index is 0.316. The first-order chi connectivity index (χ1) is 8.45. The lowest BCUT2D eigenvalue weighted by Crippen LogP contribution is -2.40. The molecule has 1 heterocycles. The van der Waals surface area contributed by atoms with Crippen molar-refractivity contribution in [3.8, 4) is 0 Å². The molecule has 0 spiro atoms. The van der Waals surface area contributed by atoms with E-state index in [2.05, 4.69) is 9.82 Å². The molecule has 7 nitrogen and oxygen atoms in total. The first-order valence-electron chi connectivity index (χ1n) is 5.86. The second-order valence-corrected chi connectivity index (χ2v) is 6.01. The molecule has 0 aliphatic carbocycles. The third-order valence-electron chi connectivity index (χ3n) is 2.48. The van der Waals surface area contributed by atoms with Gasteiger partial charge in [0.15, 0.2) is 0 Å². The molecule has 0 saturated heterocycles. The van der Waals surface area contributed by atoms with Gasteiger partial charge in [-0.05, 0) is 25.5 Å². The summed E-state index contributed by atoms with van der Waals surface area (Å²) in [4.78, 5) is 0. The van der Waals surface area contributed by atoms with E-state index in [0.29, 0.717) is 32.6 Å². The Labute approximate surface area is 108 Å². The summed E-state index contributed by atoms with van der Waals surface area (Å²) in [6, 6.07) is 0. The molecule has 3 N–H and O–H groups in total. The Morgan fingerprint density at radius 1 is 1.56 bits per heavy atom. The van der Waals surface area contributed by atoms with Crippen molar-refractivity contribution in [3.63, 3.8) is 0 Å².